The maximum absolute atomic E-state index is 2.66. The summed E-state index contributed by atoms with van der Waals surface area (Å²) in [6, 6.07) is 2.22. The predicted octanol–water partition coefficient (Wildman–Crippen LogP) is 2.43. The molecule has 1 fully saturated rings. The molecule has 1 heteroatoms. The molecule has 0 radical (unpaired) electrons. The lowest BCUT2D eigenvalue weighted by Crippen LogP contribution is -2.54. The lowest BCUT2D eigenvalue weighted by atomic mass is 9.80. The van der Waals surface area contributed by atoms with Gasteiger partial charge in [-0.1, -0.05) is 12.2 Å². The molecular weight excluding hydrogens is 146 g/mol. The molecule has 3 rings (SSSR count). The Labute approximate surface area is 75.4 Å². The van der Waals surface area contributed by atoms with Gasteiger partial charge in [0.05, 0.1) is 0 Å². The highest BCUT2D eigenvalue weighted by atomic mass is 15.2. The number of hydrogen-bond acceptors (Lipinski definition) is 1. The number of piperidine rings is 1. The maximum atomic E-state index is 2.66. The number of nitrogens with zero attached hydrogens (tertiary/aromatic N) is 1. The molecule has 0 aromatic rings. The summed E-state index contributed by atoms with van der Waals surface area (Å²) in [6.45, 7) is 7.00. The molecule has 1 aliphatic carbocycles. The molecule has 0 N–H and O–H groups in total. The van der Waals surface area contributed by atoms with E-state index in [0.29, 0.717) is 6.04 Å². The van der Waals surface area contributed by atoms with Crippen LogP contribution in [0, 0.1) is 5.92 Å². The molecule has 12 heavy (non-hydrogen) atoms. The summed E-state index contributed by atoms with van der Waals surface area (Å²) in [7, 11) is 0. The van der Waals surface area contributed by atoms with Crippen LogP contribution in [0.25, 0.3) is 0 Å². The molecule has 3 unspecified atom stereocenters. The molecule has 2 aliphatic heterocycles. The summed E-state index contributed by atoms with van der Waals surface area (Å²) in [5.74, 6) is 0.831. The second-order valence-corrected chi connectivity index (χ2v) is 4.48. The predicted molar refractivity (Wildman–Crippen MR) is 52.1 cm³/mol. The van der Waals surface area contributed by atoms with Crippen molar-refractivity contribution < 1.29 is 0 Å². The fourth-order valence-corrected chi connectivity index (χ4v) is 2.85. The normalized spacial score (nSPS) is 41.2. The van der Waals surface area contributed by atoms with E-state index in [4.69, 9.17) is 0 Å². The molecule has 0 amide bonds. The maximum Gasteiger partial charge on any atom is 0.0284 e. The van der Waals surface area contributed by atoms with Gasteiger partial charge in [-0.25, -0.2) is 0 Å². The number of fused-ring (bicyclic) bond motifs is 2. The van der Waals surface area contributed by atoms with Crippen molar-refractivity contribution in [3.05, 3.63) is 12.2 Å². The molecule has 2 heterocycles. The van der Waals surface area contributed by atoms with Crippen LogP contribution in [0.3, 0.4) is 0 Å². The fourth-order valence-electron chi connectivity index (χ4n) is 2.85. The molecule has 0 aromatic carbocycles. The van der Waals surface area contributed by atoms with Gasteiger partial charge >= 0.3 is 0 Å². The van der Waals surface area contributed by atoms with Crippen LogP contribution in [0.15, 0.2) is 12.2 Å². The minimum absolute atomic E-state index is 0.706. The molecule has 1 saturated heterocycles. The van der Waals surface area contributed by atoms with Crippen molar-refractivity contribution in [3.8, 4) is 0 Å². The molecule has 68 valence electrons. The van der Waals surface area contributed by atoms with Crippen LogP contribution in [0.2, 0.25) is 0 Å². The highest BCUT2D eigenvalue weighted by Crippen LogP contribution is 2.35. The third-order valence-corrected chi connectivity index (χ3v) is 3.45. The molecular formula is C11H19N. The van der Waals surface area contributed by atoms with Crippen LogP contribution in [-0.4, -0.2) is 23.0 Å². The van der Waals surface area contributed by atoms with Crippen LogP contribution in [0.5, 0.6) is 0 Å². The number of rotatable bonds is 1. The van der Waals surface area contributed by atoms with Crippen LogP contribution in [-0.2, 0) is 0 Å². The topological polar surface area (TPSA) is 3.24 Å². The Balaban J connectivity index is 2.21. The third kappa shape index (κ3) is 1.11. The third-order valence-electron chi connectivity index (χ3n) is 3.45. The fraction of sp³-hybridized carbons (Fsp3) is 0.818. The average molecular weight is 165 g/mol. The van der Waals surface area contributed by atoms with E-state index < -0.39 is 0 Å². The Morgan fingerprint density at radius 1 is 1.25 bits per heavy atom. The average Bonchev–Trinajstić information content (AvgIpc) is 2.05. The molecule has 0 spiro atoms. The summed E-state index contributed by atoms with van der Waals surface area (Å²) in [5, 5.41) is 0. The molecule has 2 bridgehead atoms. The van der Waals surface area contributed by atoms with Crippen molar-refractivity contribution in [2.24, 2.45) is 5.92 Å². The van der Waals surface area contributed by atoms with Gasteiger partial charge in [-0.05, 0) is 39.5 Å². The van der Waals surface area contributed by atoms with Gasteiger partial charge in [-0.2, -0.15) is 0 Å². The molecule has 3 aliphatic rings. The highest BCUT2D eigenvalue weighted by Gasteiger charge is 2.36. The summed E-state index contributed by atoms with van der Waals surface area (Å²) >= 11 is 0. The van der Waals surface area contributed by atoms with Crippen LogP contribution in [0.1, 0.15) is 33.6 Å². The first-order chi connectivity index (χ1) is 5.70. The first-order valence-corrected chi connectivity index (χ1v) is 5.16. The van der Waals surface area contributed by atoms with E-state index in [9.17, 15) is 0 Å². The van der Waals surface area contributed by atoms with Crippen molar-refractivity contribution in [3.63, 3.8) is 0 Å². The summed E-state index contributed by atoms with van der Waals surface area (Å²) in [6.07, 6.45) is 7.63. The SMILES string of the molecule is CC(C)N1C2C=CC(CC2)C1C. The van der Waals surface area contributed by atoms with Gasteiger partial charge in [0.2, 0.25) is 0 Å². The first-order valence-electron chi connectivity index (χ1n) is 5.16. The highest BCUT2D eigenvalue weighted by molar-refractivity contribution is 5.12. The molecule has 0 aromatic heterocycles. The van der Waals surface area contributed by atoms with E-state index in [1.54, 1.807) is 0 Å². The number of hydrogen-bond donors (Lipinski definition) is 0. The van der Waals surface area contributed by atoms with Crippen molar-refractivity contribution in [1.82, 2.24) is 4.90 Å². The minimum atomic E-state index is 0.706. The summed E-state index contributed by atoms with van der Waals surface area (Å²) in [4.78, 5) is 2.66. The second-order valence-electron chi connectivity index (χ2n) is 4.48. The van der Waals surface area contributed by atoms with Gasteiger partial charge in [0.25, 0.3) is 0 Å². The Bertz CT molecular complexity index is 195. The van der Waals surface area contributed by atoms with E-state index in [1.807, 2.05) is 0 Å². The zero-order valence-electron chi connectivity index (χ0n) is 8.33. The molecule has 0 saturated carbocycles. The first kappa shape index (κ1) is 8.31. The minimum Gasteiger partial charge on any atom is -0.291 e. The van der Waals surface area contributed by atoms with Crippen LogP contribution in [0.4, 0.5) is 0 Å². The van der Waals surface area contributed by atoms with E-state index >= 15 is 0 Å². The Kier molecular flexibility index (Phi) is 1.99. The largest absolute Gasteiger partial charge is 0.291 e. The Morgan fingerprint density at radius 3 is 2.33 bits per heavy atom. The van der Waals surface area contributed by atoms with Crippen molar-refractivity contribution in [2.75, 3.05) is 0 Å². The standard InChI is InChI=1S/C11H19N/c1-8(2)12-9(3)10-4-6-11(12)7-5-10/h4,6,8-11H,5,7H2,1-3H3. The van der Waals surface area contributed by atoms with Crippen LogP contribution >= 0.6 is 0 Å². The monoisotopic (exact) mass is 165 g/mol. The van der Waals surface area contributed by atoms with Crippen molar-refractivity contribution in [2.45, 2.75) is 51.7 Å². The second kappa shape index (κ2) is 2.88. The van der Waals surface area contributed by atoms with Gasteiger partial charge in [-0.15, -0.1) is 0 Å². The van der Waals surface area contributed by atoms with Crippen LogP contribution < -0.4 is 0 Å². The summed E-state index contributed by atoms with van der Waals surface area (Å²) < 4.78 is 0. The van der Waals surface area contributed by atoms with Crippen molar-refractivity contribution >= 4 is 0 Å². The zero-order chi connectivity index (χ0) is 8.72. The molecule has 3 atom stereocenters. The van der Waals surface area contributed by atoms with Crippen molar-refractivity contribution in [1.29, 1.82) is 0 Å². The quantitative estimate of drug-likeness (QED) is 0.539. The summed E-state index contributed by atoms with van der Waals surface area (Å²) in [5.41, 5.74) is 0. The van der Waals surface area contributed by atoms with Gasteiger partial charge in [0.1, 0.15) is 0 Å². The smallest absolute Gasteiger partial charge is 0.0284 e. The lowest BCUT2D eigenvalue weighted by molar-refractivity contribution is 0.0463. The van der Waals surface area contributed by atoms with E-state index in [0.717, 1.165) is 18.0 Å². The van der Waals surface area contributed by atoms with Gasteiger partial charge in [0, 0.05) is 18.1 Å². The van der Waals surface area contributed by atoms with E-state index in [-0.39, 0.29) is 0 Å². The van der Waals surface area contributed by atoms with Gasteiger partial charge in [0.15, 0.2) is 0 Å². The lowest BCUT2D eigenvalue weighted by Gasteiger charge is -2.49. The van der Waals surface area contributed by atoms with Gasteiger partial charge < -0.3 is 0 Å². The van der Waals surface area contributed by atoms with E-state index in [2.05, 4.69) is 37.8 Å². The Hall–Kier alpha value is -0.300. The van der Waals surface area contributed by atoms with E-state index in [1.165, 1.54) is 12.8 Å². The zero-order valence-corrected chi connectivity index (χ0v) is 8.33. The van der Waals surface area contributed by atoms with Gasteiger partial charge in [-0.3, -0.25) is 4.90 Å². The Morgan fingerprint density at radius 2 is 2.00 bits per heavy atom. The molecule has 1 nitrogen and oxygen atoms in total.